The number of hydrogen-bond acceptors (Lipinski definition) is 5. The molecule has 6 heteroatoms. The summed E-state index contributed by atoms with van der Waals surface area (Å²) in [7, 11) is 1.38. The molecule has 0 aliphatic rings. The van der Waals surface area contributed by atoms with Crippen LogP contribution in [0.2, 0.25) is 0 Å². The Morgan fingerprint density at radius 3 is 2.74 bits per heavy atom. The van der Waals surface area contributed by atoms with Gasteiger partial charge in [-0.25, -0.2) is 0 Å². The summed E-state index contributed by atoms with van der Waals surface area (Å²) >= 11 is 3.45. The summed E-state index contributed by atoms with van der Waals surface area (Å²) in [6, 6.07) is 19.8. The number of nitrogens with two attached hydrogens (primary N) is 1. The molecular weight excluding hydrogens is 458 g/mol. The molecule has 0 atom stereocenters. The van der Waals surface area contributed by atoms with Gasteiger partial charge in [-0.15, -0.1) is 0 Å². The lowest BCUT2D eigenvalue weighted by Gasteiger charge is -2.13. The Kier molecular flexibility index (Phi) is 6.39. The van der Waals surface area contributed by atoms with Crippen molar-refractivity contribution < 1.29 is 18.7 Å². The van der Waals surface area contributed by atoms with Crippen LogP contribution in [0.15, 0.2) is 75.8 Å². The molecule has 0 spiro atoms. The van der Waals surface area contributed by atoms with Gasteiger partial charge in [0.15, 0.2) is 0 Å². The van der Waals surface area contributed by atoms with Crippen LogP contribution in [0.5, 0.6) is 5.75 Å². The monoisotopic (exact) mass is 479 g/mol. The molecule has 0 aliphatic heterocycles. The van der Waals surface area contributed by atoms with Gasteiger partial charge in [0.05, 0.1) is 19.8 Å². The maximum atomic E-state index is 11.8. The molecule has 1 aromatic heterocycles. The van der Waals surface area contributed by atoms with E-state index in [1.54, 1.807) is 6.26 Å². The second-order valence-corrected chi connectivity index (χ2v) is 8.10. The fraction of sp³-hybridized carbons (Fsp3) is 0.160. The lowest BCUT2D eigenvalue weighted by molar-refractivity contribution is -0.139. The van der Waals surface area contributed by atoms with Gasteiger partial charge >= 0.3 is 5.97 Å². The number of halogens is 1. The van der Waals surface area contributed by atoms with Crippen molar-refractivity contribution in [1.82, 2.24) is 0 Å². The summed E-state index contributed by atoms with van der Waals surface area (Å²) in [4.78, 5) is 11.8. The number of esters is 1. The van der Waals surface area contributed by atoms with Crippen molar-refractivity contribution in [3.63, 3.8) is 0 Å². The first-order valence-corrected chi connectivity index (χ1v) is 10.6. The summed E-state index contributed by atoms with van der Waals surface area (Å²) in [5, 5.41) is 1.000. The Bertz CT molecular complexity index is 1230. The maximum Gasteiger partial charge on any atom is 0.310 e. The van der Waals surface area contributed by atoms with Gasteiger partial charge in [0.1, 0.15) is 17.9 Å². The van der Waals surface area contributed by atoms with Gasteiger partial charge in [-0.05, 0) is 59.2 Å². The number of fused-ring (bicyclic) bond motifs is 1. The van der Waals surface area contributed by atoms with Crippen LogP contribution in [0.1, 0.15) is 16.7 Å². The van der Waals surface area contributed by atoms with Gasteiger partial charge in [-0.3, -0.25) is 4.79 Å². The van der Waals surface area contributed by atoms with Gasteiger partial charge in [0, 0.05) is 27.5 Å². The van der Waals surface area contributed by atoms with Crippen molar-refractivity contribution in [2.45, 2.75) is 19.6 Å². The minimum Gasteiger partial charge on any atom is -0.489 e. The van der Waals surface area contributed by atoms with E-state index in [9.17, 15) is 4.79 Å². The highest BCUT2D eigenvalue weighted by Gasteiger charge is 2.13. The van der Waals surface area contributed by atoms with E-state index in [2.05, 4.69) is 28.1 Å². The molecule has 158 valence electrons. The number of ether oxygens (including phenoxy) is 2. The maximum absolute atomic E-state index is 11.8. The molecule has 5 nitrogen and oxygen atoms in total. The molecule has 0 bridgehead atoms. The van der Waals surface area contributed by atoms with E-state index in [0.29, 0.717) is 18.9 Å². The molecule has 0 unspecified atom stereocenters. The van der Waals surface area contributed by atoms with Crippen molar-refractivity contribution >= 4 is 32.9 Å². The zero-order valence-corrected chi connectivity index (χ0v) is 18.6. The van der Waals surface area contributed by atoms with Crippen molar-refractivity contribution in [2.75, 3.05) is 7.11 Å². The van der Waals surface area contributed by atoms with Crippen LogP contribution in [0.25, 0.3) is 22.1 Å². The Morgan fingerprint density at radius 2 is 1.94 bits per heavy atom. The van der Waals surface area contributed by atoms with Crippen LogP contribution in [0.4, 0.5) is 0 Å². The summed E-state index contributed by atoms with van der Waals surface area (Å²) in [6.07, 6.45) is 1.83. The molecule has 3 aromatic carbocycles. The van der Waals surface area contributed by atoms with Gasteiger partial charge < -0.3 is 19.6 Å². The first-order valence-electron chi connectivity index (χ1n) is 9.85. The Morgan fingerprint density at radius 1 is 1.06 bits per heavy atom. The predicted octanol–water partition coefficient (Wildman–Crippen LogP) is 5.62. The average Bonchev–Trinajstić information content (AvgIpc) is 3.26. The molecule has 4 aromatic rings. The minimum absolute atomic E-state index is 0.142. The molecule has 0 fully saturated rings. The van der Waals surface area contributed by atoms with E-state index in [-0.39, 0.29) is 12.4 Å². The normalized spacial score (nSPS) is 10.9. The highest BCUT2D eigenvalue weighted by Crippen LogP contribution is 2.32. The van der Waals surface area contributed by atoms with E-state index < -0.39 is 0 Å². The Labute approximate surface area is 188 Å². The number of methoxy groups -OCH3 is 1. The lowest BCUT2D eigenvalue weighted by Crippen LogP contribution is -2.07. The molecule has 0 aliphatic carbocycles. The second kappa shape index (κ2) is 9.37. The Hall–Kier alpha value is -3.09. The quantitative estimate of drug-likeness (QED) is 0.348. The topological polar surface area (TPSA) is 74.7 Å². The molecule has 2 N–H and O–H groups in total. The van der Waals surface area contributed by atoms with Gasteiger partial charge in [-0.2, -0.15) is 0 Å². The minimum atomic E-state index is -0.315. The van der Waals surface area contributed by atoms with Crippen LogP contribution in [-0.2, 0) is 29.1 Å². The first kappa shape index (κ1) is 21.2. The molecule has 0 saturated carbocycles. The largest absolute Gasteiger partial charge is 0.489 e. The molecule has 4 rings (SSSR count). The van der Waals surface area contributed by atoms with Gasteiger partial charge in [-0.1, -0.05) is 34.1 Å². The number of hydrogen-bond donors (Lipinski definition) is 1. The first-order chi connectivity index (χ1) is 15.1. The fourth-order valence-corrected chi connectivity index (χ4v) is 3.93. The number of rotatable bonds is 7. The fourth-order valence-electron chi connectivity index (χ4n) is 3.52. The van der Waals surface area contributed by atoms with Crippen LogP contribution >= 0.6 is 15.9 Å². The van der Waals surface area contributed by atoms with Crippen LogP contribution in [0, 0.1) is 0 Å². The number of carbonyl (C=O) groups excluding carboxylic acids is 1. The van der Waals surface area contributed by atoms with Gasteiger partial charge in [0.25, 0.3) is 0 Å². The van der Waals surface area contributed by atoms with Crippen LogP contribution in [-0.4, -0.2) is 13.1 Å². The summed E-state index contributed by atoms with van der Waals surface area (Å²) < 4.78 is 17.5. The highest BCUT2D eigenvalue weighted by molar-refractivity contribution is 9.10. The van der Waals surface area contributed by atoms with Crippen LogP contribution in [0.3, 0.4) is 0 Å². The van der Waals surface area contributed by atoms with E-state index in [1.165, 1.54) is 7.11 Å². The summed E-state index contributed by atoms with van der Waals surface area (Å²) in [6.45, 7) is 0.824. The zero-order valence-electron chi connectivity index (χ0n) is 17.1. The third-order valence-corrected chi connectivity index (χ3v) is 5.56. The summed E-state index contributed by atoms with van der Waals surface area (Å²) in [5.41, 5.74) is 11.5. The van der Waals surface area contributed by atoms with E-state index >= 15 is 0 Å². The molecular formula is C25H22BrNO4. The van der Waals surface area contributed by atoms with E-state index in [0.717, 1.165) is 43.3 Å². The standard InChI is InChI=1S/C25H22BrNO4/c1-29-24(28)13-20-12-21(26)5-6-23(20)31-15-17-10-19-7-8-30-25(19)22(11-17)18-4-2-3-16(9-18)14-27/h2-12H,13-15,27H2,1H3. The number of furan rings is 1. The smallest absolute Gasteiger partial charge is 0.310 e. The highest BCUT2D eigenvalue weighted by atomic mass is 79.9. The molecule has 0 radical (unpaired) electrons. The molecule has 1 heterocycles. The van der Waals surface area contributed by atoms with Crippen molar-refractivity contribution in [1.29, 1.82) is 0 Å². The number of benzene rings is 3. The Balaban J connectivity index is 1.65. The van der Waals surface area contributed by atoms with Crippen LogP contribution < -0.4 is 10.5 Å². The molecule has 0 saturated heterocycles. The average molecular weight is 480 g/mol. The van der Waals surface area contributed by atoms with E-state index in [4.69, 9.17) is 19.6 Å². The van der Waals surface area contributed by atoms with Crippen molar-refractivity contribution in [2.24, 2.45) is 5.73 Å². The van der Waals surface area contributed by atoms with Crippen molar-refractivity contribution in [3.8, 4) is 16.9 Å². The third kappa shape index (κ3) is 4.81. The molecule has 31 heavy (non-hydrogen) atoms. The predicted molar refractivity (Wildman–Crippen MR) is 124 cm³/mol. The van der Waals surface area contributed by atoms with Gasteiger partial charge in [0.2, 0.25) is 0 Å². The number of carbonyl (C=O) groups is 1. The molecule has 0 amide bonds. The lowest BCUT2D eigenvalue weighted by atomic mass is 9.99. The second-order valence-electron chi connectivity index (χ2n) is 7.18. The van der Waals surface area contributed by atoms with Crippen molar-refractivity contribution in [3.05, 3.63) is 88.1 Å². The zero-order chi connectivity index (χ0) is 21.8. The summed E-state index contributed by atoms with van der Waals surface area (Å²) in [5.74, 6) is 0.331. The van der Waals surface area contributed by atoms with E-state index in [1.807, 2.05) is 48.5 Å². The third-order valence-electron chi connectivity index (χ3n) is 5.06. The SMILES string of the molecule is COC(=O)Cc1cc(Br)ccc1OCc1cc(-c2cccc(CN)c2)c2occc2c1.